The number of ketones is 3. The minimum Gasteiger partial charge on any atom is -0.300 e. The summed E-state index contributed by atoms with van der Waals surface area (Å²) in [4.78, 5) is 37.3. The summed E-state index contributed by atoms with van der Waals surface area (Å²) < 4.78 is 0. The summed E-state index contributed by atoms with van der Waals surface area (Å²) in [5, 5.41) is 0. The minimum absolute atomic E-state index is 0.0697. The maximum Gasteiger partial charge on any atom is 0.174 e. The van der Waals surface area contributed by atoms with E-state index in [2.05, 4.69) is 6.92 Å². The average Bonchev–Trinajstić information content (AvgIpc) is 2.87. The first-order valence-corrected chi connectivity index (χ1v) is 9.81. The smallest absolute Gasteiger partial charge is 0.174 e. The molecule has 3 nitrogen and oxygen atoms in total. The van der Waals surface area contributed by atoms with Gasteiger partial charge in [-0.15, -0.1) is 0 Å². The molecule has 0 saturated heterocycles. The van der Waals surface area contributed by atoms with E-state index in [0.29, 0.717) is 23.5 Å². The molecule has 1 aromatic rings. The second-order valence-corrected chi connectivity index (χ2v) is 7.70. The van der Waals surface area contributed by atoms with Crippen molar-refractivity contribution in [2.45, 2.75) is 64.7 Å². The number of carbonyl (C=O) groups is 3. The van der Waals surface area contributed by atoms with E-state index in [1.165, 1.54) is 38.5 Å². The monoisotopic (exact) mass is 340 g/mol. The lowest BCUT2D eigenvalue weighted by Gasteiger charge is -2.31. The van der Waals surface area contributed by atoms with Crippen LogP contribution in [0.2, 0.25) is 0 Å². The van der Waals surface area contributed by atoms with E-state index in [4.69, 9.17) is 0 Å². The zero-order valence-electron chi connectivity index (χ0n) is 15.1. The fraction of sp³-hybridized carbons (Fsp3) is 0.591. The van der Waals surface area contributed by atoms with Crippen molar-refractivity contribution in [3.63, 3.8) is 0 Å². The zero-order valence-corrected chi connectivity index (χ0v) is 15.1. The molecule has 0 N–H and O–H groups in total. The maximum atomic E-state index is 12.4. The second kappa shape index (κ2) is 8.07. The predicted molar refractivity (Wildman–Crippen MR) is 97.8 cm³/mol. The molecule has 0 heterocycles. The highest BCUT2D eigenvalue weighted by atomic mass is 16.2. The van der Waals surface area contributed by atoms with Gasteiger partial charge < -0.3 is 0 Å². The van der Waals surface area contributed by atoms with Crippen molar-refractivity contribution in [3.05, 3.63) is 35.4 Å². The molecule has 0 radical (unpaired) electrons. The third kappa shape index (κ3) is 3.91. The lowest BCUT2D eigenvalue weighted by molar-refractivity contribution is -0.120. The molecule has 1 saturated carbocycles. The van der Waals surface area contributed by atoms with Gasteiger partial charge in [0.05, 0.1) is 5.92 Å². The molecule has 134 valence electrons. The summed E-state index contributed by atoms with van der Waals surface area (Å²) in [5.74, 6) is 0.351. The Morgan fingerprint density at radius 3 is 2.08 bits per heavy atom. The molecule has 2 unspecified atom stereocenters. The van der Waals surface area contributed by atoms with Crippen molar-refractivity contribution >= 4 is 17.3 Å². The molecule has 3 rings (SSSR count). The first kappa shape index (κ1) is 18.0. The maximum absolute atomic E-state index is 12.4. The molecule has 25 heavy (non-hydrogen) atoms. The van der Waals surface area contributed by atoms with Gasteiger partial charge in [-0.05, 0) is 18.3 Å². The molecular formula is C22H28O3. The van der Waals surface area contributed by atoms with Crippen molar-refractivity contribution in [3.8, 4) is 0 Å². The number of Topliss-reactive ketones (excluding diaryl/α,β-unsaturated/α-hetero) is 3. The lowest BCUT2D eigenvalue weighted by atomic mass is 9.74. The van der Waals surface area contributed by atoms with Gasteiger partial charge in [-0.25, -0.2) is 0 Å². The molecule has 0 spiro atoms. The molecule has 0 amide bonds. The van der Waals surface area contributed by atoms with Gasteiger partial charge in [-0.2, -0.15) is 0 Å². The molecule has 2 atom stereocenters. The normalized spacial score (nSPS) is 23.7. The van der Waals surface area contributed by atoms with Crippen LogP contribution in [0.15, 0.2) is 24.3 Å². The molecule has 2 aliphatic rings. The standard InChI is InChI=1S/C22H28O3/c1-2-7-15-8-3-4-9-16(15)12-13-17(23)14-20-21(24)18-10-5-6-11-19(18)22(20)25/h5-6,10-11,15-16,20H,2-4,7-9,12-14H2,1H3. The van der Waals surface area contributed by atoms with Gasteiger partial charge in [0.2, 0.25) is 0 Å². The van der Waals surface area contributed by atoms with Crippen LogP contribution in [0.3, 0.4) is 0 Å². The predicted octanol–water partition coefficient (Wildman–Crippen LogP) is 5.03. The summed E-state index contributed by atoms with van der Waals surface area (Å²) in [6.07, 6.45) is 9.09. The van der Waals surface area contributed by atoms with Crippen LogP contribution in [-0.4, -0.2) is 17.3 Å². The van der Waals surface area contributed by atoms with Crippen LogP contribution < -0.4 is 0 Å². The fourth-order valence-electron chi connectivity index (χ4n) is 4.68. The van der Waals surface area contributed by atoms with Crippen molar-refractivity contribution < 1.29 is 14.4 Å². The van der Waals surface area contributed by atoms with Crippen LogP contribution in [0.5, 0.6) is 0 Å². The quantitative estimate of drug-likeness (QED) is 0.654. The molecule has 1 fully saturated rings. The average molecular weight is 340 g/mol. The van der Waals surface area contributed by atoms with E-state index in [1.807, 2.05) is 0 Å². The van der Waals surface area contributed by atoms with Crippen LogP contribution in [0.4, 0.5) is 0 Å². The van der Waals surface area contributed by atoms with Gasteiger partial charge in [0.1, 0.15) is 5.78 Å². The molecule has 0 aromatic heterocycles. The number of fused-ring (bicyclic) bond motifs is 1. The summed E-state index contributed by atoms with van der Waals surface area (Å²) >= 11 is 0. The summed E-state index contributed by atoms with van der Waals surface area (Å²) in [6, 6.07) is 6.92. The first-order valence-electron chi connectivity index (χ1n) is 9.81. The highest BCUT2D eigenvalue weighted by molar-refractivity contribution is 6.27. The molecule has 2 aliphatic carbocycles. The Labute approximate surface area is 150 Å². The Hall–Kier alpha value is -1.77. The van der Waals surface area contributed by atoms with E-state index in [-0.39, 0.29) is 23.8 Å². The Morgan fingerprint density at radius 2 is 1.52 bits per heavy atom. The first-order chi connectivity index (χ1) is 12.1. The second-order valence-electron chi connectivity index (χ2n) is 7.70. The van der Waals surface area contributed by atoms with Crippen molar-refractivity contribution in [1.82, 2.24) is 0 Å². The third-order valence-corrected chi connectivity index (χ3v) is 6.04. The number of benzene rings is 1. The highest BCUT2D eigenvalue weighted by Gasteiger charge is 2.39. The van der Waals surface area contributed by atoms with Crippen LogP contribution in [0.1, 0.15) is 85.4 Å². The van der Waals surface area contributed by atoms with E-state index >= 15 is 0 Å². The van der Waals surface area contributed by atoms with Crippen molar-refractivity contribution in [1.29, 1.82) is 0 Å². The van der Waals surface area contributed by atoms with Gasteiger partial charge in [-0.1, -0.05) is 69.7 Å². The SMILES string of the molecule is CCCC1CCCCC1CCC(=O)CC1C(=O)c2ccccc2C1=O. The molecular weight excluding hydrogens is 312 g/mol. The summed E-state index contributed by atoms with van der Waals surface area (Å²) in [7, 11) is 0. The Balaban J connectivity index is 1.55. The van der Waals surface area contributed by atoms with E-state index in [0.717, 1.165) is 12.3 Å². The van der Waals surface area contributed by atoms with Gasteiger partial charge in [0, 0.05) is 24.0 Å². The number of hydrogen-bond acceptors (Lipinski definition) is 3. The van der Waals surface area contributed by atoms with Crippen molar-refractivity contribution in [2.75, 3.05) is 0 Å². The van der Waals surface area contributed by atoms with E-state index in [1.54, 1.807) is 24.3 Å². The van der Waals surface area contributed by atoms with Gasteiger partial charge >= 0.3 is 0 Å². The molecule has 0 aliphatic heterocycles. The van der Waals surface area contributed by atoms with Gasteiger partial charge in [-0.3, -0.25) is 14.4 Å². The van der Waals surface area contributed by atoms with E-state index in [9.17, 15) is 14.4 Å². The summed E-state index contributed by atoms with van der Waals surface area (Å²) in [5.41, 5.74) is 0.973. The van der Waals surface area contributed by atoms with Gasteiger partial charge in [0.15, 0.2) is 11.6 Å². The number of rotatable bonds is 7. The molecule has 3 heteroatoms. The van der Waals surface area contributed by atoms with Crippen LogP contribution in [0, 0.1) is 17.8 Å². The van der Waals surface area contributed by atoms with E-state index < -0.39 is 5.92 Å². The van der Waals surface area contributed by atoms with Crippen LogP contribution >= 0.6 is 0 Å². The zero-order chi connectivity index (χ0) is 17.8. The number of hydrogen-bond donors (Lipinski definition) is 0. The lowest BCUT2D eigenvalue weighted by Crippen LogP contribution is -2.22. The Kier molecular flexibility index (Phi) is 5.82. The number of carbonyl (C=O) groups excluding carboxylic acids is 3. The Bertz CT molecular complexity index is 624. The Morgan fingerprint density at radius 1 is 0.960 bits per heavy atom. The fourth-order valence-corrected chi connectivity index (χ4v) is 4.68. The molecule has 0 bridgehead atoms. The third-order valence-electron chi connectivity index (χ3n) is 6.04. The van der Waals surface area contributed by atoms with Crippen LogP contribution in [0.25, 0.3) is 0 Å². The summed E-state index contributed by atoms with van der Waals surface area (Å²) in [6.45, 7) is 2.23. The minimum atomic E-state index is -0.775. The topological polar surface area (TPSA) is 51.2 Å². The van der Waals surface area contributed by atoms with Gasteiger partial charge in [0.25, 0.3) is 0 Å². The highest BCUT2D eigenvalue weighted by Crippen LogP contribution is 2.36. The van der Waals surface area contributed by atoms with Crippen LogP contribution in [-0.2, 0) is 4.79 Å². The molecule has 1 aromatic carbocycles. The van der Waals surface area contributed by atoms with Crippen molar-refractivity contribution in [2.24, 2.45) is 17.8 Å². The largest absolute Gasteiger partial charge is 0.300 e.